The lowest BCUT2D eigenvalue weighted by molar-refractivity contribution is -0.129. The SMILES string of the molecule is O=C(Nc1ccccc1CBr)C1CCCCO1. The number of carbonyl (C=O) groups is 1. The normalized spacial score (nSPS) is 19.9. The number of para-hydroxylation sites is 1. The van der Waals surface area contributed by atoms with Crippen LogP contribution in [0.4, 0.5) is 5.69 Å². The Bertz CT molecular complexity index is 389. The molecule has 1 amide bonds. The number of rotatable bonds is 3. The third-order valence-electron chi connectivity index (χ3n) is 2.89. The average Bonchev–Trinajstić information content (AvgIpc) is 2.40. The maximum Gasteiger partial charge on any atom is 0.253 e. The molecule has 2 rings (SSSR count). The minimum atomic E-state index is -0.285. The van der Waals surface area contributed by atoms with E-state index in [0.29, 0.717) is 6.61 Å². The van der Waals surface area contributed by atoms with Crippen molar-refractivity contribution in [3.63, 3.8) is 0 Å². The van der Waals surface area contributed by atoms with Gasteiger partial charge in [-0.2, -0.15) is 0 Å². The predicted octanol–water partition coefficient (Wildman–Crippen LogP) is 3.09. The summed E-state index contributed by atoms with van der Waals surface area (Å²) < 4.78 is 5.46. The number of hydrogen-bond acceptors (Lipinski definition) is 2. The fraction of sp³-hybridized carbons (Fsp3) is 0.462. The molecule has 1 atom stereocenters. The number of ether oxygens (including phenoxy) is 1. The lowest BCUT2D eigenvalue weighted by Gasteiger charge is -2.22. The summed E-state index contributed by atoms with van der Waals surface area (Å²) in [7, 11) is 0. The number of halogens is 1. The van der Waals surface area contributed by atoms with Crippen LogP contribution in [0.1, 0.15) is 24.8 Å². The molecular formula is C13H16BrNO2. The van der Waals surface area contributed by atoms with Crippen LogP contribution in [0.25, 0.3) is 0 Å². The third-order valence-corrected chi connectivity index (χ3v) is 3.50. The van der Waals surface area contributed by atoms with E-state index < -0.39 is 0 Å². The van der Waals surface area contributed by atoms with Gasteiger partial charge in [0, 0.05) is 17.6 Å². The van der Waals surface area contributed by atoms with Gasteiger partial charge >= 0.3 is 0 Å². The van der Waals surface area contributed by atoms with E-state index in [1.54, 1.807) is 0 Å². The molecule has 1 aliphatic heterocycles. The van der Waals surface area contributed by atoms with Gasteiger partial charge in [0.1, 0.15) is 6.10 Å². The summed E-state index contributed by atoms with van der Waals surface area (Å²) in [6.45, 7) is 0.693. The lowest BCUT2D eigenvalue weighted by atomic mass is 10.1. The van der Waals surface area contributed by atoms with Crippen LogP contribution in [0.15, 0.2) is 24.3 Å². The Hall–Kier alpha value is -0.870. The van der Waals surface area contributed by atoms with Gasteiger partial charge < -0.3 is 10.1 Å². The maximum absolute atomic E-state index is 12.0. The standard InChI is InChI=1S/C13H16BrNO2/c14-9-10-5-1-2-6-11(10)15-13(16)12-7-3-4-8-17-12/h1-2,5-6,12H,3-4,7-9H2,(H,15,16). The summed E-state index contributed by atoms with van der Waals surface area (Å²) in [5.74, 6) is -0.0295. The molecule has 1 aromatic carbocycles. The fourth-order valence-electron chi connectivity index (χ4n) is 1.92. The van der Waals surface area contributed by atoms with Gasteiger partial charge in [-0.1, -0.05) is 34.1 Å². The van der Waals surface area contributed by atoms with Crippen LogP contribution in [0.5, 0.6) is 0 Å². The zero-order chi connectivity index (χ0) is 12.1. The van der Waals surface area contributed by atoms with Crippen LogP contribution < -0.4 is 5.32 Å². The van der Waals surface area contributed by atoms with Gasteiger partial charge in [0.2, 0.25) is 0 Å². The quantitative estimate of drug-likeness (QED) is 0.871. The van der Waals surface area contributed by atoms with Crippen molar-refractivity contribution in [2.45, 2.75) is 30.7 Å². The average molecular weight is 298 g/mol. The number of alkyl halides is 1. The van der Waals surface area contributed by atoms with E-state index in [4.69, 9.17) is 4.74 Å². The van der Waals surface area contributed by atoms with E-state index >= 15 is 0 Å². The van der Waals surface area contributed by atoms with Crippen LogP contribution in [0, 0.1) is 0 Å². The zero-order valence-corrected chi connectivity index (χ0v) is 11.2. The van der Waals surface area contributed by atoms with Gasteiger partial charge in [0.15, 0.2) is 0 Å². The Kier molecular flexibility index (Phi) is 4.57. The van der Waals surface area contributed by atoms with Crippen molar-refractivity contribution < 1.29 is 9.53 Å². The number of amides is 1. The van der Waals surface area contributed by atoms with Crippen molar-refractivity contribution >= 4 is 27.5 Å². The van der Waals surface area contributed by atoms with Crippen LogP contribution in [0.3, 0.4) is 0 Å². The molecule has 0 aromatic heterocycles. The number of carbonyl (C=O) groups excluding carboxylic acids is 1. The smallest absolute Gasteiger partial charge is 0.253 e. The fourth-order valence-corrected chi connectivity index (χ4v) is 2.41. The molecule has 0 saturated carbocycles. The van der Waals surface area contributed by atoms with E-state index in [9.17, 15) is 4.79 Å². The van der Waals surface area contributed by atoms with Crippen molar-refractivity contribution in [2.24, 2.45) is 0 Å². The van der Waals surface area contributed by atoms with Crippen LogP contribution in [-0.4, -0.2) is 18.6 Å². The summed E-state index contributed by atoms with van der Waals surface area (Å²) in [4.78, 5) is 12.0. The van der Waals surface area contributed by atoms with Crippen LogP contribution in [-0.2, 0) is 14.9 Å². The minimum Gasteiger partial charge on any atom is -0.368 e. The molecule has 17 heavy (non-hydrogen) atoms. The number of anilines is 1. The first kappa shape index (κ1) is 12.6. The van der Waals surface area contributed by atoms with Crippen molar-refractivity contribution in [1.29, 1.82) is 0 Å². The molecule has 1 aliphatic rings. The molecule has 0 radical (unpaired) electrons. The molecular weight excluding hydrogens is 282 g/mol. The van der Waals surface area contributed by atoms with Crippen molar-refractivity contribution in [3.05, 3.63) is 29.8 Å². The van der Waals surface area contributed by atoms with E-state index in [1.165, 1.54) is 0 Å². The second-order valence-corrected chi connectivity index (χ2v) is 4.70. The monoisotopic (exact) mass is 297 g/mol. The largest absolute Gasteiger partial charge is 0.368 e. The Morgan fingerprint density at radius 2 is 2.24 bits per heavy atom. The minimum absolute atomic E-state index is 0.0295. The molecule has 1 aromatic rings. The highest BCUT2D eigenvalue weighted by Gasteiger charge is 2.22. The van der Waals surface area contributed by atoms with E-state index in [2.05, 4.69) is 21.2 Å². The Morgan fingerprint density at radius 3 is 2.94 bits per heavy atom. The summed E-state index contributed by atoms with van der Waals surface area (Å²) >= 11 is 3.41. The summed E-state index contributed by atoms with van der Waals surface area (Å²) in [6.07, 6.45) is 2.66. The van der Waals surface area contributed by atoms with Crippen LogP contribution >= 0.6 is 15.9 Å². The highest BCUT2D eigenvalue weighted by Crippen LogP contribution is 2.20. The van der Waals surface area contributed by atoms with Gasteiger partial charge in [-0.15, -0.1) is 0 Å². The van der Waals surface area contributed by atoms with Gasteiger partial charge in [-0.05, 0) is 30.9 Å². The summed E-state index contributed by atoms with van der Waals surface area (Å²) in [5, 5.41) is 3.67. The first-order valence-electron chi connectivity index (χ1n) is 5.87. The van der Waals surface area contributed by atoms with Gasteiger partial charge in [-0.25, -0.2) is 0 Å². The number of hydrogen-bond donors (Lipinski definition) is 1. The van der Waals surface area contributed by atoms with Crippen LogP contribution in [0.2, 0.25) is 0 Å². The third kappa shape index (κ3) is 3.30. The predicted molar refractivity (Wildman–Crippen MR) is 71.3 cm³/mol. The Balaban J connectivity index is 2.01. The lowest BCUT2D eigenvalue weighted by Crippen LogP contribution is -2.33. The molecule has 1 saturated heterocycles. The molecule has 3 nitrogen and oxygen atoms in total. The zero-order valence-electron chi connectivity index (χ0n) is 9.62. The second kappa shape index (κ2) is 6.17. The van der Waals surface area contributed by atoms with E-state index in [-0.39, 0.29) is 12.0 Å². The highest BCUT2D eigenvalue weighted by atomic mass is 79.9. The molecule has 92 valence electrons. The van der Waals surface area contributed by atoms with Crippen molar-refractivity contribution in [1.82, 2.24) is 0 Å². The topological polar surface area (TPSA) is 38.3 Å². The summed E-state index contributed by atoms with van der Waals surface area (Å²) in [6, 6.07) is 7.79. The molecule has 1 unspecified atom stereocenters. The molecule has 1 fully saturated rings. The van der Waals surface area contributed by atoms with Gasteiger partial charge in [0.25, 0.3) is 5.91 Å². The molecule has 0 aliphatic carbocycles. The highest BCUT2D eigenvalue weighted by molar-refractivity contribution is 9.08. The van der Waals surface area contributed by atoms with Crippen molar-refractivity contribution in [2.75, 3.05) is 11.9 Å². The molecule has 0 spiro atoms. The number of nitrogens with one attached hydrogen (secondary N) is 1. The second-order valence-electron chi connectivity index (χ2n) is 4.14. The molecule has 1 N–H and O–H groups in total. The van der Waals surface area contributed by atoms with Gasteiger partial charge in [0.05, 0.1) is 0 Å². The van der Waals surface area contributed by atoms with E-state index in [1.807, 2.05) is 24.3 Å². The molecule has 0 bridgehead atoms. The van der Waals surface area contributed by atoms with E-state index in [0.717, 1.165) is 35.8 Å². The molecule has 1 heterocycles. The molecule has 4 heteroatoms. The maximum atomic E-state index is 12.0. The van der Waals surface area contributed by atoms with Crippen molar-refractivity contribution in [3.8, 4) is 0 Å². The first-order valence-corrected chi connectivity index (χ1v) is 7.00. The first-order chi connectivity index (χ1) is 8.31. The number of benzene rings is 1. The Morgan fingerprint density at radius 1 is 1.41 bits per heavy atom. The van der Waals surface area contributed by atoms with Gasteiger partial charge in [-0.3, -0.25) is 4.79 Å². The Labute approximate surface area is 110 Å². The summed E-state index contributed by atoms with van der Waals surface area (Å²) in [5.41, 5.74) is 1.94.